The van der Waals surface area contributed by atoms with Gasteiger partial charge in [-0.05, 0) is 23.6 Å². The Hall–Kier alpha value is -2.85. The minimum atomic E-state index is -0.476. The Morgan fingerprint density at radius 2 is 2.27 bits per heavy atom. The Kier molecular flexibility index (Phi) is 3.53. The second-order valence-electron chi connectivity index (χ2n) is 4.61. The molecule has 0 aliphatic rings. The summed E-state index contributed by atoms with van der Waals surface area (Å²) < 4.78 is 2.32. The number of nitrogens with one attached hydrogen (secondary N) is 1. The van der Waals surface area contributed by atoms with Crippen molar-refractivity contribution < 1.29 is 0 Å². The van der Waals surface area contributed by atoms with E-state index in [-0.39, 0.29) is 12.1 Å². The first-order valence-electron chi connectivity index (χ1n) is 6.46. The van der Waals surface area contributed by atoms with E-state index < -0.39 is 11.2 Å². The second-order valence-corrected chi connectivity index (χ2v) is 5.59. The third kappa shape index (κ3) is 2.29. The molecule has 0 bridgehead atoms. The predicted octanol–water partition coefficient (Wildman–Crippen LogP) is 1.29. The minimum absolute atomic E-state index is 0.0686. The fraction of sp³-hybridized carbons (Fsp3) is 0.133. The summed E-state index contributed by atoms with van der Waals surface area (Å²) in [6.45, 7) is -0.0686. The maximum Gasteiger partial charge on any atom is 0.333 e. The van der Waals surface area contributed by atoms with E-state index in [1.54, 1.807) is 24.5 Å². The normalized spacial score (nSPS) is 11.3. The van der Waals surface area contributed by atoms with Gasteiger partial charge in [0.1, 0.15) is 11.3 Å². The predicted molar refractivity (Wildman–Crippen MR) is 87.7 cm³/mol. The van der Waals surface area contributed by atoms with Crippen LogP contribution in [0.3, 0.4) is 0 Å². The molecule has 6 nitrogen and oxygen atoms in total. The molecule has 0 unspecified atom stereocenters. The van der Waals surface area contributed by atoms with Crippen LogP contribution >= 0.6 is 11.3 Å². The number of hydrogen-bond acceptors (Lipinski definition) is 4. The van der Waals surface area contributed by atoms with Crippen molar-refractivity contribution in [2.45, 2.75) is 6.54 Å². The van der Waals surface area contributed by atoms with E-state index in [9.17, 15) is 9.59 Å². The molecule has 1 N–H and O–H groups in total. The Bertz CT molecular complexity index is 1010. The standard InChI is InChI=1S/C15H12N4O2S/c1-3-8-19-14(20)12-13(18(2)15(19)21)17-11(16-12)7-6-10-5-4-9-22-10/h1,4-7,9H,8H2,2H3,(H,16,17)/b7-6+. The van der Waals surface area contributed by atoms with Crippen LogP contribution in [0.1, 0.15) is 10.7 Å². The maximum atomic E-state index is 12.3. The highest BCUT2D eigenvalue weighted by Crippen LogP contribution is 2.13. The van der Waals surface area contributed by atoms with Gasteiger partial charge < -0.3 is 4.98 Å². The number of hydrogen-bond donors (Lipinski definition) is 1. The zero-order valence-electron chi connectivity index (χ0n) is 11.7. The van der Waals surface area contributed by atoms with Crippen LogP contribution in [0.2, 0.25) is 0 Å². The highest BCUT2D eigenvalue weighted by Gasteiger charge is 2.13. The first kappa shape index (κ1) is 14.1. The number of rotatable bonds is 3. The molecule has 0 aliphatic carbocycles. The summed E-state index contributed by atoms with van der Waals surface area (Å²) in [5, 5.41) is 1.97. The Morgan fingerprint density at radius 3 is 2.95 bits per heavy atom. The van der Waals surface area contributed by atoms with E-state index in [0.29, 0.717) is 11.5 Å². The van der Waals surface area contributed by atoms with Crippen molar-refractivity contribution in [2.75, 3.05) is 0 Å². The summed E-state index contributed by atoms with van der Waals surface area (Å²) in [4.78, 5) is 32.7. The topological polar surface area (TPSA) is 72.7 Å². The largest absolute Gasteiger partial charge is 0.333 e. The number of aromatic nitrogens is 4. The fourth-order valence-electron chi connectivity index (χ4n) is 2.12. The third-order valence-electron chi connectivity index (χ3n) is 3.20. The van der Waals surface area contributed by atoms with Gasteiger partial charge in [-0.3, -0.25) is 9.36 Å². The molecule has 0 aliphatic heterocycles. The zero-order chi connectivity index (χ0) is 15.7. The van der Waals surface area contributed by atoms with Crippen LogP contribution in [0.5, 0.6) is 0 Å². The van der Waals surface area contributed by atoms with E-state index in [1.807, 2.05) is 23.6 Å². The van der Waals surface area contributed by atoms with E-state index in [0.717, 1.165) is 9.44 Å². The summed E-state index contributed by atoms with van der Waals surface area (Å²) in [5.41, 5.74) is -0.354. The van der Waals surface area contributed by atoms with E-state index in [4.69, 9.17) is 6.42 Å². The molecular formula is C15H12N4O2S. The van der Waals surface area contributed by atoms with Gasteiger partial charge in [-0.1, -0.05) is 12.0 Å². The lowest BCUT2D eigenvalue weighted by Crippen LogP contribution is -2.38. The Balaban J connectivity index is 2.16. The molecule has 0 fully saturated rings. The third-order valence-corrected chi connectivity index (χ3v) is 4.03. The van der Waals surface area contributed by atoms with Gasteiger partial charge in [0.2, 0.25) is 0 Å². The average Bonchev–Trinajstić information content (AvgIpc) is 3.16. The van der Waals surface area contributed by atoms with Crippen molar-refractivity contribution in [2.24, 2.45) is 7.05 Å². The molecule has 0 radical (unpaired) electrons. The van der Waals surface area contributed by atoms with Crippen LogP contribution in [0.25, 0.3) is 23.3 Å². The van der Waals surface area contributed by atoms with Gasteiger partial charge in [0.15, 0.2) is 5.65 Å². The van der Waals surface area contributed by atoms with Crippen LogP contribution in [0.15, 0.2) is 27.1 Å². The lowest BCUT2D eigenvalue weighted by Gasteiger charge is -2.03. The van der Waals surface area contributed by atoms with Gasteiger partial charge in [-0.2, -0.15) is 0 Å². The number of aromatic amines is 1. The molecule has 3 aromatic heterocycles. The zero-order valence-corrected chi connectivity index (χ0v) is 12.6. The Morgan fingerprint density at radius 1 is 1.45 bits per heavy atom. The van der Waals surface area contributed by atoms with Gasteiger partial charge in [0.25, 0.3) is 5.56 Å². The minimum Gasteiger partial charge on any atom is -0.333 e. The van der Waals surface area contributed by atoms with E-state index in [2.05, 4.69) is 15.9 Å². The van der Waals surface area contributed by atoms with Crippen molar-refractivity contribution in [3.05, 3.63) is 49.1 Å². The molecule has 3 heterocycles. The quantitative estimate of drug-likeness (QED) is 0.741. The first-order chi connectivity index (χ1) is 10.6. The molecule has 110 valence electrons. The highest BCUT2D eigenvalue weighted by molar-refractivity contribution is 7.10. The van der Waals surface area contributed by atoms with Gasteiger partial charge >= 0.3 is 5.69 Å². The number of thiophene rings is 1. The number of H-pyrrole nitrogens is 1. The fourth-order valence-corrected chi connectivity index (χ4v) is 2.74. The van der Waals surface area contributed by atoms with Crippen molar-refractivity contribution in [3.63, 3.8) is 0 Å². The van der Waals surface area contributed by atoms with E-state index >= 15 is 0 Å². The monoisotopic (exact) mass is 312 g/mol. The van der Waals surface area contributed by atoms with Crippen LogP contribution in [-0.2, 0) is 13.6 Å². The molecule has 0 atom stereocenters. The molecule has 0 aromatic carbocycles. The Labute approximate surface area is 129 Å². The number of imidazole rings is 1. The van der Waals surface area contributed by atoms with Gasteiger partial charge in [-0.15, -0.1) is 17.8 Å². The summed E-state index contributed by atoms with van der Waals surface area (Å²) in [5.74, 6) is 2.82. The summed E-state index contributed by atoms with van der Waals surface area (Å²) >= 11 is 1.60. The second kappa shape index (κ2) is 5.50. The molecule has 22 heavy (non-hydrogen) atoms. The lowest BCUT2D eigenvalue weighted by molar-refractivity contribution is 0.676. The van der Waals surface area contributed by atoms with Crippen molar-refractivity contribution in [1.29, 1.82) is 0 Å². The number of nitrogens with zero attached hydrogens (tertiary/aromatic N) is 3. The van der Waals surface area contributed by atoms with Gasteiger partial charge in [0.05, 0.1) is 6.54 Å². The van der Waals surface area contributed by atoms with Crippen LogP contribution in [0, 0.1) is 12.3 Å². The van der Waals surface area contributed by atoms with Crippen molar-refractivity contribution >= 4 is 34.7 Å². The molecular weight excluding hydrogens is 300 g/mol. The molecule has 3 rings (SSSR count). The van der Waals surface area contributed by atoms with Gasteiger partial charge in [0, 0.05) is 11.9 Å². The lowest BCUT2D eigenvalue weighted by atomic mass is 10.4. The van der Waals surface area contributed by atoms with Gasteiger partial charge in [-0.25, -0.2) is 14.3 Å². The molecule has 0 amide bonds. The number of aryl methyl sites for hydroxylation is 1. The smallest absolute Gasteiger partial charge is 0.333 e. The summed E-state index contributed by atoms with van der Waals surface area (Å²) in [6, 6.07) is 3.92. The number of terminal acetylenes is 1. The molecule has 0 saturated carbocycles. The van der Waals surface area contributed by atoms with Crippen molar-refractivity contribution in [1.82, 2.24) is 19.1 Å². The summed E-state index contributed by atoms with van der Waals surface area (Å²) in [7, 11) is 1.56. The molecule has 0 saturated heterocycles. The molecule has 7 heteroatoms. The van der Waals surface area contributed by atoms with Crippen molar-refractivity contribution in [3.8, 4) is 12.3 Å². The molecule has 3 aromatic rings. The van der Waals surface area contributed by atoms with Crippen LogP contribution in [-0.4, -0.2) is 19.1 Å². The van der Waals surface area contributed by atoms with Crippen LogP contribution in [0.4, 0.5) is 0 Å². The van der Waals surface area contributed by atoms with Crippen LogP contribution < -0.4 is 11.2 Å². The summed E-state index contributed by atoms with van der Waals surface area (Å²) in [6.07, 6.45) is 8.86. The maximum absolute atomic E-state index is 12.3. The SMILES string of the molecule is C#CCn1c(=O)c2[nH]c(/C=C/c3cccs3)nc2n(C)c1=O. The first-order valence-corrected chi connectivity index (χ1v) is 7.34. The molecule has 0 spiro atoms. The van der Waals surface area contributed by atoms with E-state index in [1.165, 1.54) is 4.57 Å². The highest BCUT2D eigenvalue weighted by atomic mass is 32.1. The number of fused-ring (bicyclic) bond motifs is 1. The average molecular weight is 312 g/mol.